The van der Waals surface area contributed by atoms with Gasteiger partial charge in [-0.05, 0) is 82.7 Å². The smallest absolute Gasteiger partial charge is 0.294 e. The third kappa shape index (κ3) is 4.04. The first-order valence-electron chi connectivity index (χ1n) is 9.05. The van der Waals surface area contributed by atoms with E-state index in [2.05, 4.69) is 15.2 Å². The van der Waals surface area contributed by atoms with Crippen LogP contribution in [-0.2, 0) is 21.3 Å². The number of carbonyl (C=O) groups is 1. The van der Waals surface area contributed by atoms with Gasteiger partial charge in [-0.1, -0.05) is 0 Å². The summed E-state index contributed by atoms with van der Waals surface area (Å²) in [5, 5.41) is 2.73. The first-order valence-corrected chi connectivity index (χ1v) is 10.5. The highest BCUT2D eigenvalue weighted by molar-refractivity contribution is 7.85. The Kier molecular flexibility index (Phi) is 5.47. The SMILES string of the molecule is Cc1[nH]c(C=C2C(=O)Nc3ccc(S(=O)(=O)O)cc32)c(C)c1CCCN(C)C. The molecular formula is C20H25N3O4S. The second kappa shape index (κ2) is 7.54. The zero-order valence-corrected chi connectivity index (χ0v) is 17.3. The van der Waals surface area contributed by atoms with Gasteiger partial charge in [-0.15, -0.1) is 0 Å². The number of anilines is 1. The number of aromatic amines is 1. The van der Waals surface area contributed by atoms with Crippen LogP contribution < -0.4 is 5.32 Å². The lowest BCUT2D eigenvalue weighted by molar-refractivity contribution is -0.110. The van der Waals surface area contributed by atoms with Crippen LogP contribution >= 0.6 is 0 Å². The lowest BCUT2D eigenvalue weighted by Gasteiger charge is -2.09. The van der Waals surface area contributed by atoms with Crippen molar-refractivity contribution in [1.82, 2.24) is 9.88 Å². The monoisotopic (exact) mass is 403 g/mol. The maximum atomic E-state index is 12.4. The predicted molar refractivity (Wildman–Crippen MR) is 110 cm³/mol. The molecule has 0 aliphatic carbocycles. The van der Waals surface area contributed by atoms with Crippen molar-refractivity contribution in [3.63, 3.8) is 0 Å². The molecule has 28 heavy (non-hydrogen) atoms. The van der Waals surface area contributed by atoms with Gasteiger partial charge in [0.2, 0.25) is 0 Å². The van der Waals surface area contributed by atoms with E-state index in [0.717, 1.165) is 36.3 Å². The maximum Gasteiger partial charge on any atom is 0.294 e. The number of nitrogens with zero attached hydrogens (tertiary/aromatic N) is 1. The van der Waals surface area contributed by atoms with Crippen LogP contribution in [0.4, 0.5) is 5.69 Å². The molecule has 0 fully saturated rings. The normalized spacial score (nSPS) is 15.4. The lowest BCUT2D eigenvalue weighted by atomic mass is 10.0. The molecule has 0 saturated carbocycles. The fourth-order valence-corrected chi connectivity index (χ4v) is 4.03. The minimum atomic E-state index is -4.34. The Morgan fingerprint density at radius 2 is 1.93 bits per heavy atom. The molecule has 150 valence electrons. The fourth-order valence-electron chi connectivity index (χ4n) is 3.52. The molecule has 2 heterocycles. The molecule has 1 aromatic carbocycles. The fraction of sp³-hybridized carbons (Fsp3) is 0.350. The van der Waals surface area contributed by atoms with Crippen molar-refractivity contribution in [3.05, 3.63) is 46.3 Å². The van der Waals surface area contributed by atoms with E-state index in [9.17, 15) is 17.8 Å². The van der Waals surface area contributed by atoms with E-state index in [0.29, 0.717) is 16.8 Å². The molecule has 3 N–H and O–H groups in total. The second-order valence-electron chi connectivity index (χ2n) is 7.37. The van der Waals surface area contributed by atoms with Crippen LogP contribution in [0.25, 0.3) is 11.6 Å². The van der Waals surface area contributed by atoms with E-state index < -0.39 is 10.1 Å². The highest BCUT2D eigenvalue weighted by Gasteiger charge is 2.27. The first-order chi connectivity index (χ1) is 13.1. The Hall–Kier alpha value is -2.42. The van der Waals surface area contributed by atoms with Crippen LogP contribution in [0, 0.1) is 13.8 Å². The highest BCUT2D eigenvalue weighted by Crippen LogP contribution is 2.35. The van der Waals surface area contributed by atoms with Gasteiger partial charge < -0.3 is 15.2 Å². The summed E-state index contributed by atoms with van der Waals surface area (Å²) in [5.74, 6) is -0.303. The summed E-state index contributed by atoms with van der Waals surface area (Å²) in [6.07, 6.45) is 3.71. The third-order valence-corrected chi connectivity index (χ3v) is 5.87. The molecule has 1 aliphatic rings. The van der Waals surface area contributed by atoms with Gasteiger partial charge in [-0.25, -0.2) is 0 Å². The zero-order chi connectivity index (χ0) is 20.6. The predicted octanol–water partition coefficient (Wildman–Crippen LogP) is 2.87. The van der Waals surface area contributed by atoms with Crippen LogP contribution in [0.3, 0.4) is 0 Å². The van der Waals surface area contributed by atoms with Gasteiger partial charge in [0.25, 0.3) is 16.0 Å². The standard InChI is InChI=1S/C20H25N3O4S/c1-12-15(6-5-9-23(3)4)13(2)21-19(12)11-17-16-10-14(28(25,26)27)7-8-18(16)22-20(17)24/h7-8,10-11,21H,5-6,9H2,1-4H3,(H,22,24)(H,25,26,27). The number of nitrogens with one attached hydrogen (secondary N) is 2. The number of carbonyl (C=O) groups excluding carboxylic acids is 1. The number of aromatic nitrogens is 1. The van der Waals surface area contributed by atoms with Crippen LogP contribution in [-0.4, -0.2) is 49.4 Å². The number of fused-ring (bicyclic) bond motifs is 1. The Labute approximate surface area is 165 Å². The van der Waals surface area contributed by atoms with E-state index in [-0.39, 0.29) is 10.8 Å². The molecule has 0 spiro atoms. The van der Waals surface area contributed by atoms with E-state index in [1.54, 1.807) is 6.08 Å². The van der Waals surface area contributed by atoms with Crippen LogP contribution in [0.15, 0.2) is 23.1 Å². The minimum Gasteiger partial charge on any atom is -0.359 e. The highest BCUT2D eigenvalue weighted by atomic mass is 32.2. The van der Waals surface area contributed by atoms with Crippen molar-refractivity contribution in [2.24, 2.45) is 0 Å². The minimum absolute atomic E-state index is 0.239. The van der Waals surface area contributed by atoms with Crippen molar-refractivity contribution < 1.29 is 17.8 Å². The van der Waals surface area contributed by atoms with Crippen LogP contribution in [0.1, 0.15) is 34.5 Å². The topological polar surface area (TPSA) is 102 Å². The average molecular weight is 404 g/mol. The Bertz CT molecular complexity index is 1070. The van der Waals surface area contributed by atoms with Crippen molar-refractivity contribution in [2.75, 3.05) is 26.0 Å². The van der Waals surface area contributed by atoms with Gasteiger partial charge in [0.15, 0.2) is 0 Å². The summed E-state index contributed by atoms with van der Waals surface area (Å²) in [6, 6.07) is 4.07. The molecule has 0 saturated heterocycles. The van der Waals surface area contributed by atoms with Crippen molar-refractivity contribution in [1.29, 1.82) is 0 Å². The Balaban J connectivity index is 1.98. The number of aryl methyl sites for hydroxylation is 1. The quantitative estimate of drug-likeness (QED) is 0.508. The number of H-pyrrole nitrogens is 1. The maximum absolute atomic E-state index is 12.4. The largest absolute Gasteiger partial charge is 0.359 e. The van der Waals surface area contributed by atoms with Crippen molar-refractivity contribution in [2.45, 2.75) is 31.6 Å². The van der Waals surface area contributed by atoms with Crippen LogP contribution in [0.5, 0.6) is 0 Å². The molecule has 0 bridgehead atoms. The Morgan fingerprint density at radius 3 is 2.57 bits per heavy atom. The van der Waals surface area contributed by atoms with E-state index in [4.69, 9.17) is 0 Å². The van der Waals surface area contributed by atoms with Gasteiger partial charge >= 0.3 is 0 Å². The van der Waals surface area contributed by atoms with Gasteiger partial charge in [0, 0.05) is 22.6 Å². The molecule has 7 nitrogen and oxygen atoms in total. The average Bonchev–Trinajstić information content (AvgIpc) is 3.04. The molecule has 8 heteroatoms. The van der Waals surface area contributed by atoms with Gasteiger partial charge in [-0.2, -0.15) is 8.42 Å². The zero-order valence-electron chi connectivity index (χ0n) is 16.5. The van der Waals surface area contributed by atoms with Gasteiger partial charge in [-0.3, -0.25) is 9.35 Å². The Morgan fingerprint density at radius 1 is 1.21 bits per heavy atom. The van der Waals surface area contributed by atoms with Crippen LogP contribution in [0.2, 0.25) is 0 Å². The summed E-state index contributed by atoms with van der Waals surface area (Å²) in [7, 11) is -0.254. The molecule has 3 rings (SSSR count). The molecule has 0 atom stereocenters. The lowest BCUT2D eigenvalue weighted by Crippen LogP contribution is -2.13. The molecule has 1 amide bonds. The summed E-state index contributed by atoms with van der Waals surface area (Å²) >= 11 is 0. The van der Waals surface area contributed by atoms with Gasteiger partial charge in [0.1, 0.15) is 0 Å². The molecule has 0 radical (unpaired) electrons. The number of rotatable bonds is 6. The summed E-state index contributed by atoms with van der Waals surface area (Å²) < 4.78 is 32.2. The van der Waals surface area contributed by atoms with Gasteiger partial charge in [0.05, 0.1) is 10.5 Å². The summed E-state index contributed by atoms with van der Waals surface area (Å²) in [6.45, 7) is 5.02. The van der Waals surface area contributed by atoms with Crippen molar-refractivity contribution >= 4 is 33.4 Å². The summed E-state index contributed by atoms with van der Waals surface area (Å²) in [5.41, 5.74) is 5.55. The third-order valence-electron chi connectivity index (χ3n) is 5.02. The molecule has 0 unspecified atom stereocenters. The van der Waals surface area contributed by atoms with Crippen molar-refractivity contribution in [3.8, 4) is 0 Å². The molecule has 1 aliphatic heterocycles. The number of hydrogen-bond donors (Lipinski definition) is 3. The van der Waals surface area contributed by atoms with E-state index in [1.807, 2.05) is 27.9 Å². The summed E-state index contributed by atoms with van der Waals surface area (Å²) in [4.78, 5) is 17.7. The number of benzene rings is 1. The van der Waals surface area contributed by atoms with E-state index >= 15 is 0 Å². The molecule has 2 aromatic rings. The number of hydrogen-bond acceptors (Lipinski definition) is 4. The molecule has 1 aromatic heterocycles. The first kappa shape index (κ1) is 20.3. The van der Waals surface area contributed by atoms with E-state index in [1.165, 1.54) is 23.8 Å². The molecular weight excluding hydrogens is 378 g/mol. The second-order valence-corrected chi connectivity index (χ2v) is 8.79. The number of amides is 1.